The summed E-state index contributed by atoms with van der Waals surface area (Å²) >= 11 is 0. The molecule has 0 heterocycles. The van der Waals surface area contributed by atoms with Gasteiger partial charge in [0, 0.05) is 40.0 Å². The third-order valence-corrected chi connectivity index (χ3v) is 0. The van der Waals surface area contributed by atoms with Crippen molar-refractivity contribution in [1.29, 1.82) is 0 Å². The van der Waals surface area contributed by atoms with E-state index in [-0.39, 0.29) is 80.3 Å². The number of halogens is 3. The number of hydrogen-bond acceptors (Lipinski definition) is 1. The van der Waals surface area contributed by atoms with E-state index in [0.717, 1.165) is 0 Å². The third kappa shape index (κ3) is 384. The van der Waals surface area contributed by atoms with Crippen LogP contribution in [-0.4, -0.2) is 6.41 Å². The fourth-order valence-corrected chi connectivity index (χ4v) is 0. The van der Waals surface area contributed by atoms with Crippen LogP contribution in [0.5, 0.6) is 0 Å². The molecule has 0 aromatic rings. The van der Waals surface area contributed by atoms with E-state index in [9.17, 15) is 0 Å². The number of primary amides is 1. The van der Waals surface area contributed by atoms with E-state index in [4.69, 9.17) is 4.79 Å². The van der Waals surface area contributed by atoms with E-state index in [1.807, 2.05) is 0 Å². The molecule has 10 heavy (non-hydrogen) atoms. The first-order valence-corrected chi connectivity index (χ1v) is 0.569. The van der Waals surface area contributed by atoms with Crippen molar-refractivity contribution in [2.24, 2.45) is 5.73 Å². The van der Waals surface area contributed by atoms with Crippen LogP contribution in [0.1, 0.15) is 2.85 Å². The zero-order valence-corrected chi connectivity index (χ0v) is 10.7. The maximum absolute atomic E-state index is 8.58. The van der Waals surface area contributed by atoms with Crippen molar-refractivity contribution < 1.29 is 58.9 Å². The van der Waals surface area contributed by atoms with Gasteiger partial charge in [0.15, 0.2) is 0 Å². The summed E-state index contributed by atoms with van der Waals surface area (Å²) < 4.78 is 0. The van der Waals surface area contributed by atoms with Gasteiger partial charge in [0.05, 0.1) is 0 Å². The molecule has 2 radical (unpaired) electrons. The number of carbonyl (C=O) groups excluding carboxylic acids is 1. The van der Waals surface area contributed by atoms with E-state index in [2.05, 4.69) is 5.73 Å². The van der Waals surface area contributed by atoms with Crippen LogP contribution in [0, 0.1) is 0 Å². The SMILES string of the molecule is F.F.F.NC=O.P.P.[2HH].[3HH].[V].[V]. The second-order valence-corrected chi connectivity index (χ2v) is 0.136. The van der Waals surface area contributed by atoms with Crippen LogP contribution in [0.3, 0.4) is 0 Å². The number of nitrogens with two attached hydrogens (primary N) is 1. The van der Waals surface area contributed by atoms with Crippen molar-refractivity contribution in [1.82, 2.24) is 0 Å². The summed E-state index contributed by atoms with van der Waals surface area (Å²) in [7, 11) is 0. The maximum atomic E-state index is 8.58. The molecule has 0 aliphatic rings. The molecule has 0 saturated carbocycles. The van der Waals surface area contributed by atoms with Crippen LogP contribution in [0.25, 0.3) is 0 Å². The smallest absolute Gasteiger partial charge is 0.204 e. The van der Waals surface area contributed by atoms with Crippen molar-refractivity contribution in [3.05, 3.63) is 0 Å². The normalized spacial score (nSPS) is 1.20. The first-order chi connectivity index (χ1) is 1.41. The Morgan fingerprint density at radius 1 is 1.10 bits per heavy atom. The third-order valence-electron chi connectivity index (χ3n) is 0. The van der Waals surface area contributed by atoms with Crippen LogP contribution < -0.4 is 5.73 Å². The Morgan fingerprint density at radius 3 is 1.10 bits per heavy atom. The van der Waals surface area contributed by atoms with Crippen molar-refractivity contribution in [2.45, 2.75) is 0 Å². The minimum Gasteiger partial charge on any atom is -0.372 e. The molecule has 1 amide bonds. The number of rotatable bonds is 0. The van der Waals surface area contributed by atoms with Crippen molar-refractivity contribution >= 4 is 26.2 Å². The van der Waals surface area contributed by atoms with Crippen LogP contribution >= 0.6 is 19.8 Å². The van der Waals surface area contributed by atoms with Gasteiger partial charge in [0.25, 0.3) is 0 Å². The Morgan fingerprint density at radius 2 is 1.10 bits per heavy atom. The molecule has 2 unspecified atom stereocenters. The zero-order chi connectivity index (χ0) is 2.71. The molecule has 0 rings (SSSR count). The van der Waals surface area contributed by atoms with Gasteiger partial charge in [-0.1, -0.05) is 0 Å². The summed E-state index contributed by atoms with van der Waals surface area (Å²) in [5.74, 6) is 0. The summed E-state index contributed by atoms with van der Waals surface area (Å²) in [5, 5.41) is 0. The van der Waals surface area contributed by atoms with Gasteiger partial charge in [0.1, 0.15) is 0 Å². The van der Waals surface area contributed by atoms with Gasteiger partial charge in [-0.2, -0.15) is 19.8 Å². The van der Waals surface area contributed by atoms with Gasteiger partial charge in [0.2, 0.25) is 6.41 Å². The molecule has 2 nitrogen and oxygen atoms in total. The van der Waals surface area contributed by atoms with E-state index in [1.165, 1.54) is 0 Å². The average Bonchev–Trinajstić information content (AvgIpc) is 0.918. The second kappa shape index (κ2) is 169. The first-order valence-electron chi connectivity index (χ1n) is 0.569. The van der Waals surface area contributed by atoms with Gasteiger partial charge in [-0.15, -0.1) is 0 Å². The molecular weight excluding hydrogens is 263 g/mol. The van der Waals surface area contributed by atoms with Crippen molar-refractivity contribution in [3.63, 3.8) is 0 Å². The quantitative estimate of drug-likeness (QED) is 0.499. The van der Waals surface area contributed by atoms with Crippen LogP contribution in [-0.2, 0) is 41.9 Å². The molecule has 2 N–H and O–H groups in total. The molecule has 0 bridgehead atoms. The predicted molar refractivity (Wildman–Crippen MR) is 44.2 cm³/mol. The number of amides is 1. The molecule has 2 atom stereocenters. The molecule has 0 saturated heterocycles. The second-order valence-electron chi connectivity index (χ2n) is 0.136. The fraction of sp³-hybridized carbons (Fsp3) is 0. The summed E-state index contributed by atoms with van der Waals surface area (Å²) in [6, 6.07) is 0. The molecule has 0 aliphatic carbocycles. The molecular formula is CH16F3NOP2V2. The van der Waals surface area contributed by atoms with E-state index >= 15 is 0 Å². The van der Waals surface area contributed by atoms with Crippen molar-refractivity contribution in [2.75, 3.05) is 0 Å². The largest absolute Gasteiger partial charge is 0.372 e. The fourth-order valence-electron chi connectivity index (χ4n) is 0. The van der Waals surface area contributed by atoms with Gasteiger partial charge in [-0.05, 0) is 0 Å². The Labute approximate surface area is 90.9 Å². The topological polar surface area (TPSA) is 43.1 Å². The van der Waals surface area contributed by atoms with E-state index in [1.54, 1.807) is 0 Å². The van der Waals surface area contributed by atoms with Crippen LogP contribution in [0.15, 0.2) is 0 Å². The molecule has 72 valence electrons. The summed E-state index contributed by atoms with van der Waals surface area (Å²) in [5.41, 5.74) is 4.17. The summed E-state index contributed by atoms with van der Waals surface area (Å²) in [6.07, 6.45) is 0.250. The molecule has 0 aromatic heterocycles. The van der Waals surface area contributed by atoms with Gasteiger partial charge in [-0.3, -0.25) is 18.9 Å². The van der Waals surface area contributed by atoms with Crippen LogP contribution in [0.2, 0.25) is 0 Å². The standard InChI is InChI=1S/CH3NO.3FH.2H3P.2V.2H2/c2-1-3;;;;;;;;;/h1H,(H2,2,3);3*1H;2*1H3;;;2*1H/i;;;;;;;;1+2;1+1. The van der Waals surface area contributed by atoms with E-state index < -0.39 is 0 Å². The summed E-state index contributed by atoms with van der Waals surface area (Å²) in [6.45, 7) is 0. The monoisotopic (exact) mass is 282 g/mol. The minimum absolute atomic E-state index is 0. The van der Waals surface area contributed by atoms with Crippen molar-refractivity contribution in [3.8, 4) is 0 Å². The summed E-state index contributed by atoms with van der Waals surface area (Å²) in [4.78, 5) is 8.58. The molecule has 0 spiro atoms. The number of carbonyl (C=O) groups is 1. The molecule has 9 heteroatoms. The van der Waals surface area contributed by atoms with Gasteiger partial charge in [-0.25, -0.2) is 0 Å². The Balaban J connectivity index is -0.000000000556. The van der Waals surface area contributed by atoms with E-state index in [0.29, 0.717) is 0 Å². The zero-order valence-electron chi connectivity index (χ0n) is 5.10. The first kappa shape index (κ1) is 110. The van der Waals surface area contributed by atoms with Gasteiger partial charge >= 0.3 is 0 Å². The predicted octanol–water partition coefficient (Wildman–Crippen LogP) is 0.162. The molecule has 0 aromatic carbocycles. The number of hydrogen-bond donors (Lipinski definition) is 1. The molecule has 0 fully saturated rings. The maximum Gasteiger partial charge on any atom is 0.204 e. The average molecular weight is 282 g/mol. The molecule has 0 aliphatic heterocycles. The Bertz CT molecular complexity index is 39.8. The Kier molecular flexibility index (Phi) is 1870. The van der Waals surface area contributed by atoms with Gasteiger partial charge < -0.3 is 5.73 Å². The Hall–Kier alpha value is 1.29. The minimum atomic E-state index is 0. The van der Waals surface area contributed by atoms with Crippen LogP contribution in [0.4, 0.5) is 14.1 Å².